The van der Waals surface area contributed by atoms with Gasteiger partial charge in [-0.2, -0.15) is 0 Å². The minimum atomic E-state index is -0.432. The fraction of sp³-hybridized carbons (Fsp3) is 0.111. The van der Waals surface area contributed by atoms with Crippen molar-refractivity contribution < 1.29 is 4.92 Å². The van der Waals surface area contributed by atoms with Crippen molar-refractivity contribution in [2.45, 2.75) is 6.54 Å². The Kier molecular flexibility index (Phi) is 2.88. The zero-order valence-electron chi connectivity index (χ0n) is 8.16. The summed E-state index contributed by atoms with van der Waals surface area (Å²) in [4.78, 5) is 10.4. The molecule has 0 aliphatic carbocycles. The predicted molar refractivity (Wildman–Crippen MR) is 59.9 cm³/mol. The molecule has 0 amide bonds. The van der Waals surface area contributed by atoms with Crippen LogP contribution in [0, 0.1) is 10.1 Å². The van der Waals surface area contributed by atoms with Crippen LogP contribution in [-0.4, -0.2) is 15.1 Å². The van der Waals surface area contributed by atoms with Gasteiger partial charge in [0.25, 0.3) is 5.69 Å². The first-order chi connectivity index (χ1) is 7.72. The topological polar surface area (TPSA) is 94.9 Å². The van der Waals surface area contributed by atoms with Gasteiger partial charge in [0.2, 0.25) is 0 Å². The summed E-state index contributed by atoms with van der Waals surface area (Å²) in [6, 6.07) is 6.44. The maximum atomic E-state index is 10.8. The lowest BCUT2D eigenvalue weighted by molar-refractivity contribution is -0.384. The van der Waals surface area contributed by atoms with Gasteiger partial charge in [-0.3, -0.25) is 10.1 Å². The number of hydrogen-bond donors (Lipinski definition) is 1. The van der Waals surface area contributed by atoms with E-state index in [1.807, 2.05) is 0 Å². The highest BCUT2D eigenvalue weighted by atomic mass is 32.1. The number of benzene rings is 1. The minimum Gasteiger partial charge on any atom is -0.324 e. The van der Waals surface area contributed by atoms with Crippen LogP contribution in [0.5, 0.6) is 0 Å². The van der Waals surface area contributed by atoms with Crippen LogP contribution in [-0.2, 0) is 6.54 Å². The van der Waals surface area contributed by atoms with Crippen molar-refractivity contribution in [2.75, 3.05) is 0 Å². The van der Waals surface area contributed by atoms with E-state index in [4.69, 9.17) is 5.73 Å². The summed E-state index contributed by atoms with van der Waals surface area (Å²) in [7, 11) is 0. The summed E-state index contributed by atoms with van der Waals surface area (Å²) in [5.41, 5.74) is 5.92. The number of nitro benzene ring substituents is 1. The van der Waals surface area contributed by atoms with Gasteiger partial charge in [0.15, 0.2) is 5.01 Å². The standard InChI is InChI=1S/C9H8N4O2S/c10-5-8-11-12-9(16-8)6-3-1-2-4-7(6)13(14)15/h1-4H,5,10H2. The first kappa shape index (κ1) is 10.7. The average molecular weight is 236 g/mol. The maximum Gasteiger partial charge on any atom is 0.279 e. The molecule has 0 spiro atoms. The zero-order chi connectivity index (χ0) is 11.5. The van der Waals surface area contributed by atoms with Gasteiger partial charge >= 0.3 is 0 Å². The van der Waals surface area contributed by atoms with Crippen molar-refractivity contribution in [3.05, 3.63) is 39.4 Å². The Balaban J connectivity index is 2.50. The first-order valence-corrected chi connectivity index (χ1v) is 5.30. The van der Waals surface area contributed by atoms with Gasteiger partial charge in [0.1, 0.15) is 5.01 Å². The van der Waals surface area contributed by atoms with Gasteiger partial charge in [-0.15, -0.1) is 10.2 Å². The second kappa shape index (κ2) is 4.33. The van der Waals surface area contributed by atoms with Crippen LogP contribution in [0.3, 0.4) is 0 Å². The molecular formula is C9H8N4O2S. The normalized spacial score (nSPS) is 10.3. The summed E-state index contributed by atoms with van der Waals surface area (Å²) >= 11 is 1.27. The van der Waals surface area contributed by atoms with E-state index < -0.39 is 4.92 Å². The SMILES string of the molecule is NCc1nnc(-c2ccccc2[N+](=O)[O-])s1. The molecule has 2 aromatic rings. The molecule has 82 valence electrons. The third-order valence-corrected chi connectivity index (χ3v) is 2.95. The molecule has 1 aromatic heterocycles. The predicted octanol–water partition coefficient (Wildman–Crippen LogP) is 1.57. The molecule has 7 heteroatoms. The fourth-order valence-electron chi connectivity index (χ4n) is 1.26. The van der Waals surface area contributed by atoms with Gasteiger partial charge < -0.3 is 5.73 Å². The highest BCUT2D eigenvalue weighted by Gasteiger charge is 2.17. The third kappa shape index (κ3) is 1.90. The monoisotopic (exact) mass is 236 g/mol. The molecule has 0 unspecified atom stereocenters. The van der Waals surface area contributed by atoms with Crippen molar-refractivity contribution in [1.29, 1.82) is 0 Å². The number of nitrogens with zero attached hydrogens (tertiary/aromatic N) is 3. The molecule has 0 radical (unpaired) electrons. The fourth-order valence-corrected chi connectivity index (χ4v) is 2.01. The Bertz CT molecular complexity index is 526. The van der Waals surface area contributed by atoms with Crippen LogP contribution < -0.4 is 5.73 Å². The van der Waals surface area contributed by atoms with Gasteiger partial charge in [-0.05, 0) is 6.07 Å². The number of nitrogens with two attached hydrogens (primary N) is 1. The molecule has 2 N–H and O–H groups in total. The molecule has 0 aliphatic rings. The lowest BCUT2D eigenvalue weighted by Crippen LogP contribution is -1.94. The number of hydrogen-bond acceptors (Lipinski definition) is 6. The lowest BCUT2D eigenvalue weighted by atomic mass is 10.2. The van der Waals surface area contributed by atoms with Crippen LogP contribution in [0.15, 0.2) is 24.3 Å². The maximum absolute atomic E-state index is 10.8. The molecule has 2 rings (SSSR count). The second-order valence-corrected chi connectivity index (χ2v) is 4.04. The molecule has 0 aliphatic heterocycles. The van der Waals surface area contributed by atoms with E-state index in [1.165, 1.54) is 17.4 Å². The Labute approximate surface area is 94.9 Å². The van der Waals surface area contributed by atoms with E-state index >= 15 is 0 Å². The molecule has 0 atom stereocenters. The zero-order valence-corrected chi connectivity index (χ0v) is 8.98. The van der Waals surface area contributed by atoms with Gasteiger partial charge in [-0.25, -0.2) is 0 Å². The Hall–Kier alpha value is -1.86. The van der Waals surface area contributed by atoms with E-state index in [0.717, 1.165) is 0 Å². The number of nitro groups is 1. The summed E-state index contributed by atoms with van der Waals surface area (Å²) in [5, 5.41) is 19.7. The van der Waals surface area contributed by atoms with Crippen molar-refractivity contribution >= 4 is 17.0 Å². The first-order valence-electron chi connectivity index (χ1n) is 4.48. The van der Waals surface area contributed by atoms with Crippen LogP contribution in [0.2, 0.25) is 0 Å². The molecular weight excluding hydrogens is 228 g/mol. The van der Waals surface area contributed by atoms with E-state index in [-0.39, 0.29) is 12.2 Å². The number of aromatic nitrogens is 2. The average Bonchev–Trinajstić information content (AvgIpc) is 2.77. The molecule has 0 saturated carbocycles. The molecule has 16 heavy (non-hydrogen) atoms. The summed E-state index contributed by atoms with van der Waals surface area (Å²) in [5.74, 6) is 0. The van der Waals surface area contributed by atoms with Crippen LogP contribution >= 0.6 is 11.3 Å². The molecule has 0 fully saturated rings. The largest absolute Gasteiger partial charge is 0.324 e. The molecule has 6 nitrogen and oxygen atoms in total. The highest BCUT2D eigenvalue weighted by Crippen LogP contribution is 2.31. The Morgan fingerprint density at radius 1 is 1.38 bits per heavy atom. The van der Waals surface area contributed by atoms with Crippen LogP contribution in [0.25, 0.3) is 10.6 Å². The lowest BCUT2D eigenvalue weighted by Gasteiger charge is -1.96. The van der Waals surface area contributed by atoms with Crippen molar-refractivity contribution in [1.82, 2.24) is 10.2 Å². The number of rotatable bonds is 3. The van der Waals surface area contributed by atoms with E-state index in [1.54, 1.807) is 18.2 Å². The third-order valence-electron chi connectivity index (χ3n) is 1.97. The van der Waals surface area contributed by atoms with Gasteiger partial charge in [0, 0.05) is 12.6 Å². The molecule has 0 bridgehead atoms. The smallest absolute Gasteiger partial charge is 0.279 e. The Morgan fingerprint density at radius 2 is 2.12 bits per heavy atom. The van der Waals surface area contributed by atoms with Crippen LogP contribution in [0.4, 0.5) is 5.69 Å². The minimum absolute atomic E-state index is 0.0298. The summed E-state index contributed by atoms with van der Waals surface area (Å²) in [6.07, 6.45) is 0. The quantitative estimate of drug-likeness (QED) is 0.644. The number of para-hydroxylation sites is 1. The van der Waals surface area contributed by atoms with E-state index in [2.05, 4.69) is 10.2 Å². The van der Waals surface area contributed by atoms with Crippen LogP contribution in [0.1, 0.15) is 5.01 Å². The second-order valence-electron chi connectivity index (χ2n) is 2.98. The molecule has 1 heterocycles. The van der Waals surface area contributed by atoms with Gasteiger partial charge in [0.05, 0.1) is 10.5 Å². The molecule has 1 aromatic carbocycles. The van der Waals surface area contributed by atoms with Crippen molar-refractivity contribution in [2.24, 2.45) is 5.73 Å². The van der Waals surface area contributed by atoms with Crippen molar-refractivity contribution in [3.63, 3.8) is 0 Å². The Morgan fingerprint density at radius 3 is 2.75 bits per heavy atom. The van der Waals surface area contributed by atoms with Crippen molar-refractivity contribution in [3.8, 4) is 10.6 Å². The molecule has 0 saturated heterocycles. The summed E-state index contributed by atoms with van der Waals surface area (Å²) in [6.45, 7) is 0.290. The van der Waals surface area contributed by atoms with E-state index in [0.29, 0.717) is 15.6 Å². The highest BCUT2D eigenvalue weighted by molar-refractivity contribution is 7.14. The van der Waals surface area contributed by atoms with E-state index in [9.17, 15) is 10.1 Å². The van der Waals surface area contributed by atoms with Gasteiger partial charge in [-0.1, -0.05) is 23.5 Å². The summed E-state index contributed by atoms with van der Waals surface area (Å²) < 4.78 is 0.